The Morgan fingerprint density at radius 2 is 1.90 bits per heavy atom. The van der Waals surface area contributed by atoms with Gasteiger partial charge in [0.1, 0.15) is 5.75 Å². The Labute approximate surface area is 123 Å². The van der Waals surface area contributed by atoms with E-state index in [9.17, 15) is 4.79 Å². The number of nitrogens with one attached hydrogen (secondary N) is 1. The molecule has 0 radical (unpaired) electrons. The van der Waals surface area contributed by atoms with Crippen molar-refractivity contribution in [1.82, 2.24) is 0 Å². The second kappa shape index (κ2) is 7.42. The molecule has 2 aromatic rings. The van der Waals surface area contributed by atoms with E-state index in [2.05, 4.69) is 5.32 Å². The molecule has 0 heterocycles. The van der Waals surface area contributed by atoms with Crippen LogP contribution < -0.4 is 15.8 Å². The lowest BCUT2D eigenvalue weighted by Gasteiger charge is -2.08. The topological polar surface area (TPSA) is 84.6 Å². The first-order valence-electron chi connectivity index (χ1n) is 6.62. The number of aliphatic hydroxyl groups is 1. The van der Waals surface area contributed by atoms with Gasteiger partial charge in [-0.05, 0) is 35.4 Å². The van der Waals surface area contributed by atoms with Crippen molar-refractivity contribution in [1.29, 1.82) is 0 Å². The minimum absolute atomic E-state index is 0.0586. The van der Waals surface area contributed by atoms with Gasteiger partial charge in [-0.15, -0.1) is 0 Å². The maximum atomic E-state index is 11.8. The Hall–Kier alpha value is -2.37. The Morgan fingerprint density at radius 1 is 1.14 bits per heavy atom. The standard InChI is InChI=1S/C16H18N2O3/c17-9-12-4-6-14(7-5-12)18-16(20)11-21-15-3-1-2-13(8-15)10-19/h1-8,19H,9-11,17H2,(H,18,20). The average molecular weight is 286 g/mol. The average Bonchev–Trinajstić information content (AvgIpc) is 2.54. The van der Waals surface area contributed by atoms with Crippen LogP contribution in [0.15, 0.2) is 48.5 Å². The molecule has 0 atom stereocenters. The van der Waals surface area contributed by atoms with Crippen LogP contribution in [0.3, 0.4) is 0 Å². The summed E-state index contributed by atoms with van der Waals surface area (Å²) in [6, 6.07) is 14.3. The zero-order valence-corrected chi connectivity index (χ0v) is 11.6. The van der Waals surface area contributed by atoms with Crippen molar-refractivity contribution in [3.63, 3.8) is 0 Å². The Kier molecular flexibility index (Phi) is 5.31. The molecule has 110 valence electrons. The highest BCUT2D eigenvalue weighted by atomic mass is 16.5. The van der Waals surface area contributed by atoms with Crippen LogP contribution in [0.25, 0.3) is 0 Å². The predicted molar refractivity (Wildman–Crippen MR) is 80.8 cm³/mol. The van der Waals surface area contributed by atoms with Gasteiger partial charge < -0.3 is 20.9 Å². The first kappa shape index (κ1) is 15.0. The Balaban J connectivity index is 1.86. The van der Waals surface area contributed by atoms with Gasteiger partial charge >= 0.3 is 0 Å². The van der Waals surface area contributed by atoms with Crippen LogP contribution in [0, 0.1) is 0 Å². The summed E-state index contributed by atoms with van der Waals surface area (Å²) >= 11 is 0. The van der Waals surface area contributed by atoms with Crippen LogP contribution in [0.5, 0.6) is 5.75 Å². The van der Waals surface area contributed by atoms with E-state index in [-0.39, 0.29) is 19.1 Å². The third kappa shape index (κ3) is 4.59. The first-order chi connectivity index (χ1) is 10.2. The summed E-state index contributed by atoms with van der Waals surface area (Å²) in [4.78, 5) is 11.8. The summed E-state index contributed by atoms with van der Waals surface area (Å²) in [7, 11) is 0. The molecule has 0 aromatic heterocycles. The van der Waals surface area contributed by atoms with E-state index in [0.717, 1.165) is 11.1 Å². The number of aliphatic hydroxyl groups excluding tert-OH is 1. The van der Waals surface area contributed by atoms with Gasteiger partial charge in [0.05, 0.1) is 6.61 Å². The molecule has 2 aromatic carbocycles. The zero-order valence-electron chi connectivity index (χ0n) is 11.6. The van der Waals surface area contributed by atoms with Crippen LogP contribution in [0.2, 0.25) is 0 Å². The van der Waals surface area contributed by atoms with Crippen molar-refractivity contribution in [3.8, 4) is 5.75 Å². The van der Waals surface area contributed by atoms with Gasteiger partial charge in [-0.1, -0.05) is 24.3 Å². The lowest BCUT2D eigenvalue weighted by atomic mass is 10.2. The highest BCUT2D eigenvalue weighted by Gasteiger charge is 2.04. The van der Waals surface area contributed by atoms with Crippen molar-refractivity contribution in [3.05, 3.63) is 59.7 Å². The van der Waals surface area contributed by atoms with E-state index in [1.54, 1.807) is 36.4 Å². The molecule has 4 N–H and O–H groups in total. The number of anilines is 1. The van der Waals surface area contributed by atoms with E-state index in [1.165, 1.54) is 0 Å². The number of carbonyl (C=O) groups excluding carboxylic acids is 1. The quantitative estimate of drug-likeness (QED) is 0.754. The smallest absolute Gasteiger partial charge is 0.262 e. The molecule has 0 spiro atoms. The molecule has 1 amide bonds. The third-order valence-corrected chi connectivity index (χ3v) is 2.92. The van der Waals surface area contributed by atoms with Gasteiger partial charge in [0, 0.05) is 12.2 Å². The lowest BCUT2D eigenvalue weighted by molar-refractivity contribution is -0.118. The predicted octanol–water partition coefficient (Wildman–Crippen LogP) is 1.66. The summed E-state index contributed by atoms with van der Waals surface area (Å²) in [6.07, 6.45) is 0. The van der Waals surface area contributed by atoms with Gasteiger partial charge in [0.25, 0.3) is 5.91 Å². The van der Waals surface area contributed by atoms with Crippen molar-refractivity contribution in [2.24, 2.45) is 5.73 Å². The minimum atomic E-state index is -0.245. The fraction of sp³-hybridized carbons (Fsp3) is 0.188. The monoisotopic (exact) mass is 286 g/mol. The normalized spacial score (nSPS) is 10.2. The fourth-order valence-electron chi connectivity index (χ4n) is 1.80. The molecule has 0 aliphatic carbocycles. The summed E-state index contributed by atoms with van der Waals surface area (Å²) < 4.78 is 5.38. The molecule has 0 saturated carbocycles. The highest BCUT2D eigenvalue weighted by Crippen LogP contribution is 2.13. The number of rotatable bonds is 6. The van der Waals surface area contributed by atoms with Crippen LogP contribution in [-0.4, -0.2) is 17.6 Å². The molecule has 0 saturated heterocycles. The van der Waals surface area contributed by atoms with E-state index in [1.807, 2.05) is 12.1 Å². The highest BCUT2D eigenvalue weighted by molar-refractivity contribution is 5.91. The Bertz CT molecular complexity index is 597. The molecule has 5 heteroatoms. The molecule has 0 aliphatic heterocycles. The maximum Gasteiger partial charge on any atom is 0.262 e. The summed E-state index contributed by atoms with van der Waals surface area (Å²) in [5, 5.41) is 11.8. The van der Waals surface area contributed by atoms with Gasteiger partial charge in [-0.2, -0.15) is 0 Å². The number of hydrogen-bond acceptors (Lipinski definition) is 4. The van der Waals surface area contributed by atoms with Crippen LogP contribution >= 0.6 is 0 Å². The van der Waals surface area contributed by atoms with Gasteiger partial charge in [0.2, 0.25) is 0 Å². The van der Waals surface area contributed by atoms with E-state index >= 15 is 0 Å². The van der Waals surface area contributed by atoms with E-state index in [4.69, 9.17) is 15.6 Å². The van der Waals surface area contributed by atoms with Gasteiger partial charge in [0.15, 0.2) is 6.61 Å². The SMILES string of the molecule is NCc1ccc(NC(=O)COc2cccc(CO)c2)cc1. The molecule has 0 aliphatic rings. The largest absolute Gasteiger partial charge is 0.484 e. The molecule has 0 unspecified atom stereocenters. The second-order valence-corrected chi connectivity index (χ2v) is 4.54. The Morgan fingerprint density at radius 3 is 2.57 bits per heavy atom. The molecular weight excluding hydrogens is 268 g/mol. The number of hydrogen-bond donors (Lipinski definition) is 3. The number of ether oxygens (including phenoxy) is 1. The molecule has 0 fully saturated rings. The maximum absolute atomic E-state index is 11.8. The number of nitrogens with two attached hydrogens (primary N) is 1. The number of benzene rings is 2. The summed E-state index contributed by atoms with van der Waals surface area (Å²) in [5.74, 6) is 0.306. The van der Waals surface area contributed by atoms with Crippen molar-refractivity contribution >= 4 is 11.6 Å². The minimum Gasteiger partial charge on any atom is -0.484 e. The zero-order chi connectivity index (χ0) is 15.1. The third-order valence-electron chi connectivity index (χ3n) is 2.92. The van der Waals surface area contributed by atoms with E-state index < -0.39 is 0 Å². The van der Waals surface area contributed by atoms with Gasteiger partial charge in [-0.3, -0.25) is 4.79 Å². The molecule has 2 rings (SSSR count). The van der Waals surface area contributed by atoms with E-state index in [0.29, 0.717) is 18.0 Å². The molecule has 5 nitrogen and oxygen atoms in total. The van der Waals surface area contributed by atoms with Crippen LogP contribution in [0.1, 0.15) is 11.1 Å². The van der Waals surface area contributed by atoms with Crippen LogP contribution in [0.4, 0.5) is 5.69 Å². The second-order valence-electron chi connectivity index (χ2n) is 4.54. The number of carbonyl (C=O) groups is 1. The van der Waals surface area contributed by atoms with Crippen molar-refractivity contribution < 1.29 is 14.6 Å². The summed E-state index contributed by atoms with van der Waals surface area (Å²) in [5.41, 5.74) is 7.96. The summed E-state index contributed by atoms with van der Waals surface area (Å²) in [6.45, 7) is 0.322. The van der Waals surface area contributed by atoms with Crippen LogP contribution in [-0.2, 0) is 17.9 Å². The number of amides is 1. The molecular formula is C16H18N2O3. The van der Waals surface area contributed by atoms with Crippen molar-refractivity contribution in [2.75, 3.05) is 11.9 Å². The molecule has 0 bridgehead atoms. The lowest BCUT2D eigenvalue weighted by Crippen LogP contribution is -2.20. The first-order valence-corrected chi connectivity index (χ1v) is 6.62. The fourth-order valence-corrected chi connectivity index (χ4v) is 1.80. The van der Waals surface area contributed by atoms with Gasteiger partial charge in [-0.25, -0.2) is 0 Å². The van der Waals surface area contributed by atoms with Crippen molar-refractivity contribution in [2.45, 2.75) is 13.2 Å². The molecule has 21 heavy (non-hydrogen) atoms.